The summed E-state index contributed by atoms with van der Waals surface area (Å²) in [6.45, 7) is 3.83. The van der Waals surface area contributed by atoms with E-state index in [4.69, 9.17) is 0 Å². The third-order valence-electron chi connectivity index (χ3n) is 4.29. The number of carbonyl (C=O) groups excluding carboxylic acids is 4. The highest BCUT2D eigenvalue weighted by Crippen LogP contribution is 2.24. The Morgan fingerprint density at radius 3 is 2.41 bits per heavy atom. The summed E-state index contributed by atoms with van der Waals surface area (Å²) in [7, 11) is 0. The van der Waals surface area contributed by atoms with Crippen molar-refractivity contribution in [2.24, 2.45) is 0 Å². The molecule has 1 aliphatic rings. The number of aryl methyl sites for hydroxylation is 1. The molecule has 1 unspecified atom stereocenters. The van der Waals surface area contributed by atoms with Gasteiger partial charge in [-0.25, -0.2) is 4.79 Å². The molecular weight excluding hydrogens is 354 g/mol. The van der Waals surface area contributed by atoms with Gasteiger partial charge in [-0.1, -0.05) is 11.6 Å². The van der Waals surface area contributed by atoms with Gasteiger partial charge in [-0.3, -0.25) is 24.1 Å². The maximum Gasteiger partial charge on any atom is 0.326 e. The zero-order chi connectivity index (χ0) is 20.3. The average molecular weight is 375 g/mol. The molecule has 1 aromatic rings. The molecule has 1 atom stereocenters. The van der Waals surface area contributed by atoms with Crippen LogP contribution >= 0.6 is 0 Å². The predicted molar refractivity (Wildman–Crippen MR) is 94.0 cm³/mol. The number of fused-ring (bicyclic) bond motifs is 1. The lowest BCUT2D eigenvalue weighted by Crippen LogP contribution is -2.51. The number of nitrogens with zero attached hydrogens (tertiary/aromatic N) is 2. The van der Waals surface area contributed by atoms with Gasteiger partial charge in [0.25, 0.3) is 11.8 Å². The summed E-state index contributed by atoms with van der Waals surface area (Å²) in [6.07, 6.45) is 0. The summed E-state index contributed by atoms with van der Waals surface area (Å²) in [5.41, 5.74) is 1.25. The first kappa shape index (κ1) is 20.1. The molecule has 0 aliphatic carbocycles. The Hall–Kier alpha value is -3.23. The van der Waals surface area contributed by atoms with E-state index in [1.54, 1.807) is 19.1 Å². The first-order valence-corrected chi connectivity index (χ1v) is 8.37. The normalized spacial score (nSPS) is 14.0. The molecule has 9 nitrogen and oxygen atoms in total. The van der Waals surface area contributed by atoms with E-state index in [0.717, 1.165) is 15.4 Å². The van der Waals surface area contributed by atoms with Crippen LogP contribution in [-0.4, -0.2) is 70.2 Å². The SMILES string of the molecule is CC(=O)NCCN(C(=O)CN1C(=O)c2ccc(C)cc2C1=O)C(C)C(=O)O. The van der Waals surface area contributed by atoms with Crippen molar-refractivity contribution in [3.63, 3.8) is 0 Å². The van der Waals surface area contributed by atoms with Crippen LogP contribution in [0.5, 0.6) is 0 Å². The number of aliphatic carboxylic acids is 1. The molecule has 1 aromatic carbocycles. The summed E-state index contributed by atoms with van der Waals surface area (Å²) < 4.78 is 0. The fraction of sp³-hybridized carbons (Fsp3) is 0.389. The molecule has 4 amide bonds. The van der Waals surface area contributed by atoms with E-state index in [1.165, 1.54) is 19.9 Å². The predicted octanol–water partition coefficient (Wildman–Crippen LogP) is 0.0288. The molecular formula is C18H21N3O6. The van der Waals surface area contributed by atoms with Gasteiger partial charge in [0.15, 0.2) is 0 Å². The first-order valence-electron chi connectivity index (χ1n) is 8.37. The fourth-order valence-electron chi connectivity index (χ4n) is 2.79. The number of nitrogens with one attached hydrogen (secondary N) is 1. The molecule has 0 saturated heterocycles. The van der Waals surface area contributed by atoms with E-state index in [-0.39, 0.29) is 30.1 Å². The highest BCUT2D eigenvalue weighted by molar-refractivity contribution is 6.22. The molecule has 27 heavy (non-hydrogen) atoms. The van der Waals surface area contributed by atoms with Crippen LogP contribution in [-0.2, 0) is 14.4 Å². The monoisotopic (exact) mass is 375 g/mol. The number of amides is 4. The molecule has 0 fully saturated rings. The first-order chi connectivity index (χ1) is 12.6. The third-order valence-corrected chi connectivity index (χ3v) is 4.29. The van der Waals surface area contributed by atoms with E-state index < -0.39 is 36.3 Å². The Morgan fingerprint density at radius 2 is 1.81 bits per heavy atom. The van der Waals surface area contributed by atoms with Crippen molar-refractivity contribution in [1.29, 1.82) is 0 Å². The van der Waals surface area contributed by atoms with Crippen molar-refractivity contribution >= 4 is 29.6 Å². The van der Waals surface area contributed by atoms with E-state index in [1.807, 2.05) is 0 Å². The molecule has 0 spiro atoms. The molecule has 9 heteroatoms. The highest BCUT2D eigenvalue weighted by atomic mass is 16.4. The van der Waals surface area contributed by atoms with Crippen LogP contribution in [0.25, 0.3) is 0 Å². The molecule has 1 heterocycles. The lowest BCUT2D eigenvalue weighted by molar-refractivity contribution is -0.149. The van der Waals surface area contributed by atoms with Crippen molar-refractivity contribution in [2.45, 2.75) is 26.8 Å². The molecule has 0 aromatic heterocycles. The van der Waals surface area contributed by atoms with Crippen molar-refractivity contribution < 1.29 is 29.1 Å². The zero-order valence-electron chi connectivity index (χ0n) is 15.3. The number of carboxylic acid groups (broad SMARTS) is 1. The van der Waals surface area contributed by atoms with Crippen molar-refractivity contribution in [1.82, 2.24) is 15.1 Å². The second kappa shape index (κ2) is 7.98. The number of rotatable bonds is 7. The topological polar surface area (TPSA) is 124 Å². The largest absolute Gasteiger partial charge is 0.480 e. The maximum atomic E-state index is 12.6. The van der Waals surface area contributed by atoms with Gasteiger partial charge in [0, 0.05) is 20.0 Å². The zero-order valence-corrected chi connectivity index (χ0v) is 15.3. The Labute approximate surface area is 155 Å². The Balaban J connectivity index is 2.16. The molecule has 0 radical (unpaired) electrons. The van der Waals surface area contributed by atoms with Gasteiger partial charge in [-0.05, 0) is 26.0 Å². The lowest BCUT2D eigenvalue weighted by Gasteiger charge is -2.28. The van der Waals surface area contributed by atoms with Crippen LogP contribution in [0, 0.1) is 6.92 Å². The number of imide groups is 1. The fourth-order valence-corrected chi connectivity index (χ4v) is 2.79. The van der Waals surface area contributed by atoms with Crippen molar-refractivity contribution in [2.75, 3.05) is 19.6 Å². The second-order valence-corrected chi connectivity index (χ2v) is 6.33. The molecule has 144 valence electrons. The summed E-state index contributed by atoms with van der Waals surface area (Å²) >= 11 is 0. The average Bonchev–Trinajstić information content (AvgIpc) is 2.82. The Kier molecular flexibility index (Phi) is 5.94. The van der Waals surface area contributed by atoms with Gasteiger partial charge >= 0.3 is 5.97 Å². The summed E-state index contributed by atoms with van der Waals surface area (Å²) in [5, 5.41) is 11.7. The van der Waals surface area contributed by atoms with Crippen LogP contribution in [0.1, 0.15) is 40.1 Å². The van der Waals surface area contributed by atoms with E-state index in [9.17, 15) is 29.1 Å². The Morgan fingerprint density at radius 1 is 1.19 bits per heavy atom. The number of hydrogen-bond acceptors (Lipinski definition) is 5. The highest BCUT2D eigenvalue weighted by Gasteiger charge is 2.38. The molecule has 2 rings (SSSR count). The smallest absolute Gasteiger partial charge is 0.326 e. The number of carbonyl (C=O) groups is 5. The van der Waals surface area contributed by atoms with Crippen LogP contribution < -0.4 is 5.32 Å². The third kappa shape index (κ3) is 4.30. The number of hydrogen-bond donors (Lipinski definition) is 2. The van der Waals surface area contributed by atoms with E-state index in [0.29, 0.717) is 0 Å². The maximum absolute atomic E-state index is 12.6. The van der Waals surface area contributed by atoms with E-state index in [2.05, 4.69) is 5.32 Å². The quantitative estimate of drug-likeness (QED) is 0.648. The van der Waals surface area contributed by atoms with Gasteiger partial charge in [-0.15, -0.1) is 0 Å². The molecule has 1 aliphatic heterocycles. The summed E-state index contributed by atoms with van der Waals surface area (Å²) in [5.74, 6) is -3.42. The minimum atomic E-state index is -1.23. The van der Waals surface area contributed by atoms with Gasteiger partial charge in [0.2, 0.25) is 11.8 Å². The summed E-state index contributed by atoms with van der Waals surface area (Å²) in [4.78, 5) is 61.7. The molecule has 0 bridgehead atoms. The van der Waals surface area contributed by atoms with Gasteiger partial charge < -0.3 is 15.3 Å². The number of benzene rings is 1. The second-order valence-electron chi connectivity index (χ2n) is 6.33. The minimum Gasteiger partial charge on any atom is -0.480 e. The van der Waals surface area contributed by atoms with Crippen LogP contribution in [0.2, 0.25) is 0 Å². The van der Waals surface area contributed by atoms with Gasteiger partial charge in [0.05, 0.1) is 11.1 Å². The van der Waals surface area contributed by atoms with Crippen LogP contribution in [0.3, 0.4) is 0 Å². The van der Waals surface area contributed by atoms with Crippen LogP contribution in [0.15, 0.2) is 18.2 Å². The Bertz CT molecular complexity index is 819. The van der Waals surface area contributed by atoms with E-state index >= 15 is 0 Å². The van der Waals surface area contributed by atoms with Crippen molar-refractivity contribution in [3.8, 4) is 0 Å². The molecule has 0 saturated carbocycles. The minimum absolute atomic E-state index is 0.0556. The van der Waals surface area contributed by atoms with Gasteiger partial charge in [0.1, 0.15) is 12.6 Å². The van der Waals surface area contributed by atoms with Crippen molar-refractivity contribution in [3.05, 3.63) is 34.9 Å². The standard InChI is InChI=1S/C18H21N3O6/c1-10-4-5-13-14(8-10)17(25)21(16(13)24)9-15(23)20(11(2)18(26)27)7-6-19-12(3)22/h4-5,8,11H,6-7,9H2,1-3H3,(H,19,22)(H,26,27). The summed E-state index contributed by atoms with van der Waals surface area (Å²) in [6, 6.07) is 3.63. The van der Waals surface area contributed by atoms with Gasteiger partial charge in [-0.2, -0.15) is 0 Å². The lowest BCUT2D eigenvalue weighted by atomic mass is 10.1. The molecule has 2 N–H and O–H groups in total. The number of carboxylic acids is 1. The van der Waals surface area contributed by atoms with Crippen LogP contribution in [0.4, 0.5) is 0 Å².